The third-order valence-corrected chi connectivity index (χ3v) is 5.98. The van der Waals surface area contributed by atoms with E-state index >= 15 is 0 Å². The molecule has 1 fully saturated rings. The molecule has 0 unspecified atom stereocenters. The summed E-state index contributed by atoms with van der Waals surface area (Å²) in [6, 6.07) is 8.47. The van der Waals surface area contributed by atoms with Crippen LogP contribution >= 0.6 is 11.6 Å². The van der Waals surface area contributed by atoms with Crippen molar-refractivity contribution in [2.45, 2.75) is 39.7 Å². The number of carbonyl (C=O) groups excluding carboxylic acids is 2. The number of nitrogens with zero attached hydrogens (tertiary/aromatic N) is 1. The summed E-state index contributed by atoms with van der Waals surface area (Å²) in [5.74, 6) is -1.01. The highest BCUT2D eigenvalue weighted by Crippen LogP contribution is 2.34. The fraction of sp³-hybridized carbons (Fsp3) is 0.462. The van der Waals surface area contributed by atoms with Crippen molar-refractivity contribution >= 4 is 29.2 Å². The minimum Gasteiger partial charge on any atom is -0.506 e. The topological polar surface area (TPSA) is 97.3 Å². The Kier molecular flexibility index (Phi) is 8.99. The Morgan fingerprint density at radius 2 is 1.89 bits per heavy atom. The Bertz CT molecular complexity index is 1060. The van der Waals surface area contributed by atoms with Crippen molar-refractivity contribution in [1.29, 1.82) is 0 Å². The van der Waals surface area contributed by atoms with Crippen molar-refractivity contribution < 1.29 is 28.9 Å². The number of benzene rings is 2. The van der Waals surface area contributed by atoms with Crippen LogP contribution in [-0.4, -0.2) is 61.4 Å². The van der Waals surface area contributed by atoms with Gasteiger partial charge in [0.25, 0.3) is 0 Å². The lowest BCUT2D eigenvalue weighted by atomic mass is 9.86. The molecule has 9 heteroatoms. The van der Waals surface area contributed by atoms with Gasteiger partial charge in [0.1, 0.15) is 23.7 Å². The molecule has 0 bridgehead atoms. The van der Waals surface area contributed by atoms with E-state index in [0.717, 1.165) is 18.7 Å². The first-order chi connectivity index (χ1) is 16.5. The number of rotatable bonds is 8. The van der Waals surface area contributed by atoms with Gasteiger partial charge < -0.3 is 24.6 Å². The number of anilines is 1. The molecule has 0 spiro atoms. The molecule has 1 aliphatic rings. The Hall–Kier alpha value is -2.81. The van der Waals surface area contributed by atoms with Gasteiger partial charge in [-0.15, -0.1) is 0 Å². The fourth-order valence-electron chi connectivity index (χ4n) is 3.63. The molecular formula is C26H33ClN2O6. The van der Waals surface area contributed by atoms with Gasteiger partial charge in [-0.05, 0) is 35.2 Å². The maximum absolute atomic E-state index is 12.7. The zero-order valence-electron chi connectivity index (χ0n) is 20.7. The normalized spacial score (nSPS) is 14.4. The molecule has 0 saturated carbocycles. The number of morpholine rings is 1. The van der Waals surface area contributed by atoms with Gasteiger partial charge >= 0.3 is 11.9 Å². The van der Waals surface area contributed by atoms with E-state index in [1.807, 2.05) is 6.07 Å². The predicted molar refractivity (Wildman–Crippen MR) is 134 cm³/mol. The average molecular weight is 505 g/mol. The Labute approximate surface area is 211 Å². The summed E-state index contributed by atoms with van der Waals surface area (Å²) in [6.45, 7) is 11.5. The molecule has 1 aliphatic heterocycles. The highest BCUT2D eigenvalue weighted by atomic mass is 35.5. The second kappa shape index (κ2) is 11.7. The summed E-state index contributed by atoms with van der Waals surface area (Å²) in [4.78, 5) is 26.5. The van der Waals surface area contributed by atoms with Crippen LogP contribution in [0.15, 0.2) is 30.3 Å². The molecule has 0 radical (unpaired) electrons. The monoisotopic (exact) mass is 504 g/mol. The van der Waals surface area contributed by atoms with Crippen molar-refractivity contribution in [3.05, 3.63) is 52.0 Å². The molecule has 0 atom stereocenters. The molecule has 0 aliphatic carbocycles. The van der Waals surface area contributed by atoms with Crippen LogP contribution in [0.3, 0.4) is 0 Å². The van der Waals surface area contributed by atoms with E-state index in [1.54, 1.807) is 24.3 Å². The molecule has 2 aromatic rings. The molecule has 190 valence electrons. The van der Waals surface area contributed by atoms with Gasteiger partial charge in [0.15, 0.2) is 0 Å². The van der Waals surface area contributed by atoms with Gasteiger partial charge in [0, 0.05) is 50.4 Å². The largest absolute Gasteiger partial charge is 0.506 e. The number of carbonyl (C=O) groups is 2. The highest BCUT2D eigenvalue weighted by Gasteiger charge is 2.20. The molecular weight excluding hydrogens is 472 g/mol. The fourth-order valence-corrected chi connectivity index (χ4v) is 3.87. The van der Waals surface area contributed by atoms with Crippen LogP contribution in [0.1, 0.15) is 49.2 Å². The van der Waals surface area contributed by atoms with E-state index in [0.29, 0.717) is 31.0 Å². The summed E-state index contributed by atoms with van der Waals surface area (Å²) >= 11 is 6.24. The number of halogens is 1. The molecule has 0 amide bonds. The van der Waals surface area contributed by atoms with Gasteiger partial charge in [-0.1, -0.05) is 32.4 Å². The number of ether oxygens (including phenoxy) is 3. The van der Waals surface area contributed by atoms with E-state index in [4.69, 9.17) is 25.8 Å². The van der Waals surface area contributed by atoms with Crippen LogP contribution < -0.4 is 10.1 Å². The SMILES string of the molecule is CC(=O)Oc1cc(NCc2cc(C(C)(C)C)cc(Cl)c2O)ccc1C(=O)OCCN1CCOCC1. The minimum absolute atomic E-state index is 0.00726. The lowest BCUT2D eigenvalue weighted by Crippen LogP contribution is -2.38. The van der Waals surface area contributed by atoms with E-state index in [2.05, 4.69) is 31.0 Å². The second-order valence-electron chi connectivity index (χ2n) is 9.46. The first-order valence-corrected chi connectivity index (χ1v) is 12.0. The van der Waals surface area contributed by atoms with Crippen LogP contribution in [0.25, 0.3) is 0 Å². The third kappa shape index (κ3) is 7.59. The Morgan fingerprint density at radius 3 is 2.54 bits per heavy atom. The first kappa shape index (κ1) is 26.8. The van der Waals surface area contributed by atoms with Crippen molar-refractivity contribution in [3.63, 3.8) is 0 Å². The number of phenols is 1. The molecule has 2 aromatic carbocycles. The Balaban J connectivity index is 1.71. The van der Waals surface area contributed by atoms with Gasteiger partial charge in [-0.2, -0.15) is 0 Å². The number of nitrogens with one attached hydrogen (secondary N) is 1. The van der Waals surface area contributed by atoms with Crippen molar-refractivity contribution in [2.75, 3.05) is 44.8 Å². The molecule has 1 heterocycles. The van der Waals surface area contributed by atoms with E-state index in [1.165, 1.54) is 6.92 Å². The highest BCUT2D eigenvalue weighted by molar-refractivity contribution is 6.32. The quantitative estimate of drug-likeness (QED) is 0.404. The van der Waals surface area contributed by atoms with Crippen molar-refractivity contribution in [2.24, 2.45) is 0 Å². The summed E-state index contributed by atoms with van der Waals surface area (Å²) in [7, 11) is 0. The summed E-state index contributed by atoms with van der Waals surface area (Å²) in [5.41, 5.74) is 2.24. The molecule has 1 saturated heterocycles. The van der Waals surface area contributed by atoms with E-state index in [9.17, 15) is 14.7 Å². The molecule has 3 rings (SSSR count). The van der Waals surface area contributed by atoms with Crippen molar-refractivity contribution in [1.82, 2.24) is 4.90 Å². The van der Waals surface area contributed by atoms with Crippen LogP contribution in [0, 0.1) is 0 Å². The lowest BCUT2D eigenvalue weighted by Gasteiger charge is -2.26. The Morgan fingerprint density at radius 1 is 1.17 bits per heavy atom. The van der Waals surface area contributed by atoms with Crippen LogP contribution in [0.5, 0.6) is 11.5 Å². The lowest BCUT2D eigenvalue weighted by molar-refractivity contribution is -0.131. The van der Waals surface area contributed by atoms with Gasteiger partial charge in [0.05, 0.1) is 18.2 Å². The summed E-state index contributed by atoms with van der Waals surface area (Å²) in [6.07, 6.45) is 0. The summed E-state index contributed by atoms with van der Waals surface area (Å²) in [5, 5.41) is 13.9. The maximum atomic E-state index is 12.7. The maximum Gasteiger partial charge on any atom is 0.341 e. The third-order valence-electron chi connectivity index (χ3n) is 5.69. The number of hydrogen-bond acceptors (Lipinski definition) is 8. The number of hydrogen-bond donors (Lipinski definition) is 2. The standard InChI is InChI=1S/C26H33ClN2O6/c1-17(30)35-23-15-20(28-16-18-13-19(26(2,3)4)14-22(27)24(18)31)5-6-21(23)25(32)34-12-9-29-7-10-33-11-8-29/h5-6,13-15,28,31H,7-12,16H2,1-4H3. The first-order valence-electron chi connectivity index (χ1n) is 11.6. The summed E-state index contributed by atoms with van der Waals surface area (Å²) < 4.78 is 16.0. The average Bonchev–Trinajstić information content (AvgIpc) is 2.79. The van der Waals surface area contributed by atoms with Crippen LogP contribution in [0.4, 0.5) is 5.69 Å². The molecule has 2 N–H and O–H groups in total. The second-order valence-corrected chi connectivity index (χ2v) is 9.87. The molecule has 8 nitrogen and oxygen atoms in total. The zero-order chi connectivity index (χ0) is 25.6. The predicted octanol–water partition coefficient (Wildman–Crippen LogP) is 4.37. The number of esters is 2. The molecule has 35 heavy (non-hydrogen) atoms. The van der Waals surface area contributed by atoms with Crippen LogP contribution in [0.2, 0.25) is 5.02 Å². The van der Waals surface area contributed by atoms with Crippen molar-refractivity contribution in [3.8, 4) is 11.5 Å². The van der Waals surface area contributed by atoms with E-state index in [-0.39, 0.29) is 40.7 Å². The van der Waals surface area contributed by atoms with Crippen LogP contribution in [-0.2, 0) is 26.2 Å². The zero-order valence-corrected chi connectivity index (χ0v) is 21.4. The minimum atomic E-state index is -0.566. The van der Waals surface area contributed by atoms with Gasteiger partial charge in [0.2, 0.25) is 0 Å². The van der Waals surface area contributed by atoms with E-state index < -0.39 is 11.9 Å². The number of phenolic OH excluding ortho intramolecular Hbond substituents is 1. The molecule has 0 aromatic heterocycles. The van der Waals surface area contributed by atoms with Gasteiger partial charge in [-0.25, -0.2) is 4.79 Å². The smallest absolute Gasteiger partial charge is 0.341 e. The number of aromatic hydroxyl groups is 1. The van der Waals surface area contributed by atoms with Gasteiger partial charge in [-0.3, -0.25) is 9.69 Å².